The summed E-state index contributed by atoms with van der Waals surface area (Å²) in [5.41, 5.74) is 0. The van der Waals surface area contributed by atoms with Gasteiger partial charge in [-0.05, 0) is 30.8 Å². The van der Waals surface area contributed by atoms with Crippen LogP contribution >= 0.6 is 24.4 Å². The summed E-state index contributed by atoms with van der Waals surface area (Å²) in [5, 5.41) is 14.9. The SMILES string of the molecule is COC(=N)CCCS.N=C1CCCS1. The first-order valence-corrected chi connectivity index (χ1v) is 6.25. The normalized spacial score (nSPS) is 14.6. The Bertz CT molecular complexity index is 178. The molecule has 1 aliphatic heterocycles. The molecule has 0 radical (unpaired) electrons. The van der Waals surface area contributed by atoms with E-state index in [9.17, 15) is 0 Å². The summed E-state index contributed by atoms with van der Waals surface area (Å²) < 4.78 is 4.60. The van der Waals surface area contributed by atoms with Crippen LogP contribution < -0.4 is 0 Å². The molecule has 14 heavy (non-hydrogen) atoms. The quantitative estimate of drug-likeness (QED) is 0.399. The zero-order valence-corrected chi connectivity index (χ0v) is 10.2. The van der Waals surface area contributed by atoms with Crippen molar-refractivity contribution in [3.05, 3.63) is 0 Å². The van der Waals surface area contributed by atoms with Gasteiger partial charge in [0.1, 0.15) is 0 Å². The molecule has 5 heteroatoms. The summed E-state index contributed by atoms with van der Waals surface area (Å²) in [6.07, 6.45) is 3.89. The van der Waals surface area contributed by atoms with Gasteiger partial charge in [0, 0.05) is 6.42 Å². The first-order valence-electron chi connectivity index (χ1n) is 4.63. The van der Waals surface area contributed by atoms with Crippen molar-refractivity contribution in [2.75, 3.05) is 18.6 Å². The van der Waals surface area contributed by atoms with Crippen LogP contribution in [0.3, 0.4) is 0 Å². The van der Waals surface area contributed by atoms with Gasteiger partial charge in [0.2, 0.25) is 0 Å². The number of rotatable bonds is 3. The molecule has 1 heterocycles. The molecule has 2 N–H and O–H groups in total. The van der Waals surface area contributed by atoms with Crippen molar-refractivity contribution in [2.24, 2.45) is 0 Å². The topological polar surface area (TPSA) is 56.9 Å². The van der Waals surface area contributed by atoms with E-state index in [0.717, 1.165) is 23.6 Å². The van der Waals surface area contributed by atoms with Crippen molar-refractivity contribution in [3.8, 4) is 0 Å². The highest BCUT2D eigenvalue weighted by Crippen LogP contribution is 2.17. The lowest BCUT2D eigenvalue weighted by molar-refractivity contribution is 0.385. The van der Waals surface area contributed by atoms with Gasteiger partial charge < -0.3 is 4.74 Å². The maximum Gasteiger partial charge on any atom is 0.180 e. The van der Waals surface area contributed by atoms with Crippen LogP contribution in [0.4, 0.5) is 0 Å². The van der Waals surface area contributed by atoms with E-state index in [1.807, 2.05) is 0 Å². The van der Waals surface area contributed by atoms with Gasteiger partial charge >= 0.3 is 0 Å². The molecule has 1 rings (SSSR count). The molecule has 1 aliphatic rings. The zero-order valence-electron chi connectivity index (χ0n) is 8.51. The Morgan fingerprint density at radius 2 is 2.36 bits per heavy atom. The fourth-order valence-electron chi connectivity index (χ4n) is 0.842. The molecule has 0 aromatic rings. The van der Waals surface area contributed by atoms with Crippen LogP contribution in [0.1, 0.15) is 25.7 Å². The number of ether oxygens (including phenoxy) is 1. The molecule has 0 spiro atoms. The van der Waals surface area contributed by atoms with Gasteiger partial charge in [-0.1, -0.05) is 0 Å². The smallest absolute Gasteiger partial charge is 0.180 e. The Balaban J connectivity index is 0.000000249. The van der Waals surface area contributed by atoms with E-state index in [-0.39, 0.29) is 0 Å². The number of hydrogen-bond acceptors (Lipinski definition) is 5. The van der Waals surface area contributed by atoms with Crippen LogP contribution in [-0.2, 0) is 4.74 Å². The van der Waals surface area contributed by atoms with Gasteiger partial charge in [-0.2, -0.15) is 12.6 Å². The van der Waals surface area contributed by atoms with E-state index in [4.69, 9.17) is 10.8 Å². The second-order valence-corrected chi connectivity index (χ2v) is 4.47. The average Bonchev–Trinajstić information content (AvgIpc) is 2.66. The van der Waals surface area contributed by atoms with E-state index in [1.54, 1.807) is 11.8 Å². The van der Waals surface area contributed by atoms with Gasteiger partial charge in [-0.3, -0.25) is 10.8 Å². The summed E-state index contributed by atoms with van der Waals surface area (Å²) >= 11 is 5.66. The standard InChI is InChI=1S/C5H11NOS.C4H7NS/c1-7-5(6)3-2-4-8;5-4-2-1-3-6-4/h6,8H,2-4H2,1H3;5H,1-3H2. The molecule has 0 atom stereocenters. The Hall–Kier alpha value is -0.160. The summed E-state index contributed by atoms with van der Waals surface area (Å²) in [6.45, 7) is 0. The molecule has 0 aromatic carbocycles. The molecular formula is C9H18N2OS2. The van der Waals surface area contributed by atoms with Crippen LogP contribution in [0.2, 0.25) is 0 Å². The van der Waals surface area contributed by atoms with Gasteiger partial charge in [-0.15, -0.1) is 11.8 Å². The second kappa shape index (κ2) is 9.40. The van der Waals surface area contributed by atoms with Gasteiger partial charge in [0.05, 0.1) is 12.2 Å². The maximum absolute atomic E-state index is 7.01. The number of nitrogens with one attached hydrogen (secondary N) is 2. The van der Waals surface area contributed by atoms with Gasteiger partial charge in [0.15, 0.2) is 5.90 Å². The van der Waals surface area contributed by atoms with Crippen LogP contribution in [0, 0.1) is 10.8 Å². The van der Waals surface area contributed by atoms with Crippen molar-refractivity contribution in [1.29, 1.82) is 10.8 Å². The third kappa shape index (κ3) is 8.44. The van der Waals surface area contributed by atoms with E-state index in [1.165, 1.54) is 19.3 Å². The Morgan fingerprint density at radius 3 is 2.64 bits per heavy atom. The summed E-state index contributed by atoms with van der Waals surface area (Å²) in [4.78, 5) is 0. The second-order valence-electron chi connectivity index (χ2n) is 2.83. The monoisotopic (exact) mass is 234 g/mol. The molecule has 1 saturated heterocycles. The van der Waals surface area contributed by atoms with Crippen LogP contribution in [0.15, 0.2) is 0 Å². The summed E-state index contributed by atoms with van der Waals surface area (Å²) in [5.74, 6) is 2.35. The van der Waals surface area contributed by atoms with Crippen LogP contribution in [-0.4, -0.2) is 29.6 Å². The first-order chi connectivity index (χ1) is 6.70. The van der Waals surface area contributed by atoms with Gasteiger partial charge in [-0.25, -0.2) is 0 Å². The minimum Gasteiger partial charge on any atom is -0.484 e. The fourth-order valence-corrected chi connectivity index (χ4v) is 1.82. The van der Waals surface area contributed by atoms with Crippen molar-refractivity contribution in [3.63, 3.8) is 0 Å². The highest BCUT2D eigenvalue weighted by Gasteiger charge is 2.04. The minimum absolute atomic E-state index is 0.346. The highest BCUT2D eigenvalue weighted by atomic mass is 32.2. The lowest BCUT2D eigenvalue weighted by Crippen LogP contribution is -1.98. The Morgan fingerprint density at radius 1 is 1.64 bits per heavy atom. The van der Waals surface area contributed by atoms with E-state index in [2.05, 4.69) is 17.4 Å². The molecule has 3 nitrogen and oxygen atoms in total. The number of thiol groups is 1. The molecule has 0 aromatic heterocycles. The molecular weight excluding hydrogens is 216 g/mol. The Kier molecular flexibility index (Phi) is 9.29. The van der Waals surface area contributed by atoms with E-state index in [0.29, 0.717) is 12.3 Å². The molecule has 0 bridgehead atoms. The Labute approximate surface area is 95.4 Å². The third-order valence-corrected chi connectivity index (χ3v) is 2.99. The highest BCUT2D eigenvalue weighted by molar-refractivity contribution is 8.14. The molecule has 1 fully saturated rings. The molecule has 0 saturated carbocycles. The summed E-state index contributed by atoms with van der Waals surface area (Å²) in [7, 11) is 1.51. The molecule has 82 valence electrons. The number of hydrogen-bond donors (Lipinski definition) is 3. The largest absolute Gasteiger partial charge is 0.484 e. The lowest BCUT2D eigenvalue weighted by Gasteiger charge is -1.97. The number of methoxy groups -OCH3 is 1. The fraction of sp³-hybridized carbons (Fsp3) is 0.778. The van der Waals surface area contributed by atoms with E-state index >= 15 is 0 Å². The first kappa shape index (κ1) is 13.8. The van der Waals surface area contributed by atoms with Crippen LogP contribution in [0.5, 0.6) is 0 Å². The van der Waals surface area contributed by atoms with Crippen LogP contribution in [0.25, 0.3) is 0 Å². The van der Waals surface area contributed by atoms with Gasteiger partial charge in [0.25, 0.3) is 0 Å². The van der Waals surface area contributed by atoms with Crippen molar-refractivity contribution in [2.45, 2.75) is 25.7 Å². The minimum atomic E-state index is 0.346. The maximum atomic E-state index is 7.01. The predicted molar refractivity (Wildman–Crippen MR) is 67.2 cm³/mol. The molecule has 0 unspecified atom stereocenters. The third-order valence-electron chi connectivity index (χ3n) is 1.63. The molecule has 0 amide bonds. The summed E-state index contributed by atoms with van der Waals surface area (Å²) in [6, 6.07) is 0. The molecule has 0 aliphatic carbocycles. The zero-order chi connectivity index (χ0) is 10.8. The lowest BCUT2D eigenvalue weighted by atomic mass is 10.3. The predicted octanol–water partition coefficient (Wildman–Crippen LogP) is 2.81. The van der Waals surface area contributed by atoms with Crippen molar-refractivity contribution < 1.29 is 4.74 Å². The average molecular weight is 234 g/mol. The number of thioether (sulfide) groups is 1. The van der Waals surface area contributed by atoms with Crippen molar-refractivity contribution >= 4 is 35.3 Å². The van der Waals surface area contributed by atoms with Crippen molar-refractivity contribution in [1.82, 2.24) is 0 Å². The van der Waals surface area contributed by atoms with E-state index < -0.39 is 0 Å².